The Balaban J connectivity index is 1.66. The third kappa shape index (κ3) is 4.96. The van der Waals surface area contributed by atoms with Crippen molar-refractivity contribution in [2.75, 3.05) is 0 Å². The summed E-state index contributed by atoms with van der Waals surface area (Å²) in [6.45, 7) is 13.2. The second-order valence-corrected chi connectivity index (χ2v) is 12.3. The summed E-state index contributed by atoms with van der Waals surface area (Å²) in [5.41, 5.74) is 6.97. The van der Waals surface area contributed by atoms with Crippen LogP contribution in [0.3, 0.4) is 0 Å². The fourth-order valence-corrected chi connectivity index (χ4v) is 5.17. The quantitative estimate of drug-likeness (QED) is 0.188. The molecule has 0 saturated heterocycles. The predicted octanol–water partition coefficient (Wildman–Crippen LogP) is 10.9. The van der Waals surface area contributed by atoms with E-state index in [1.165, 1.54) is 0 Å². The van der Waals surface area contributed by atoms with Crippen molar-refractivity contribution in [3.05, 3.63) is 109 Å². The Morgan fingerprint density at radius 1 is 0.500 bits per heavy atom. The standard InChI is InChI=1S/C38H38N2O2/c1-7-37(3,4)31-23-21-29(41-31)27-19-20-28(30-22-24-32(42-30)38(5,6)8-2)36-35(27)39-33(25-15-11-9-12-16-25)34(40-36)26-17-13-10-14-18-26/h9-24H,7-8H2,1-6H3. The SMILES string of the molecule is CCC(C)(C)c1ccc(-c2ccc(-c3ccc(C(C)(C)CC)o3)c3nc(-c4ccccc4)c(-c4ccccc4)nc23)o1. The number of furan rings is 2. The Morgan fingerprint density at radius 3 is 1.24 bits per heavy atom. The van der Waals surface area contributed by atoms with Crippen LogP contribution < -0.4 is 0 Å². The summed E-state index contributed by atoms with van der Waals surface area (Å²) in [5, 5.41) is 0. The van der Waals surface area contributed by atoms with Gasteiger partial charge in [-0.3, -0.25) is 0 Å². The van der Waals surface area contributed by atoms with E-state index >= 15 is 0 Å². The molecule has 0 aliphatic carbocycles. The van der Waals surface area contributed by atoms with Crippen molar-refractivity contribution < 1.29 is 8.83 Å². The molecule has 212 valence electrons. The zero-order valence-corrected chi connectivity index (χ0v) is 25.4. The average Bonchev–Trinajstić information content (AvgIpc) is 3.73. The van der Waals surface area contributed by atoms with E-state index in [9.17, 15) is 0 Å². The lowest BCUT2D eigenvalue weighted by Gasteiger charge is -2.19. The van der Waals surface area contributed by atoms with Gasteiger partial charge >= 0.3 is 0 Å². The second kappa shape index (κ2) is 10.8. The number of nitrogens with zero attached hydrogens (tertiary/aromatic N) is 2. The minimum absolute atomic E-state index is 0.0635. The molecule has 0 amide bonds. The van der Waals surface area contributed by atoms with Crippen LogP contribution in [-0.2, 0) is 10.8 Å². The van der Waals surface area contributed by atoms with Crippen molar-refractivity contribution in [2.24, 2.45) is 0 Å². The maximum absolute atomic E-state index is 6.51. The molecule has 4 nitrogen and oxygen atoms in total. The van der Waals surface area contributed by atoms with Crippen molar-refractivity contribution in [3.8, 4) is 45.2 Å². The monoisotopic (exact) mass is 554 g/mol. The zero-order valence-electron chi connectivity index (χ0n) is 25.4. The van der Waals surface area contributed by atoms with Crippen molar-refractivity contribution >= 4 is 11.0 Å². The number of aromatic nitrogens is 2. The Morgan fingerprint density at radius 2 is 0.881 bits per heavy atom. The van der Waals surface area contributed by atoms with Gasteiger partial charge in [0.2, 0.25) is 0 Å². The van der Waals surface area contributed by atoms with E-state index in [1.54, 1.807) is 0 Å². The molecule has 0 aliphatic rings. The van der Waals surface area contributed by atoms with Crippen molar-refractivity contribution in [1.82, 2.24) is 9.97 Å². The number of fused-ring (bicyclic) bond motifs is 1. The minimum atomic E-state index is -0.0635. The average molecular weight is 555 g/mol. The Labute approximate surface area is 248 Å². The second-order valence-electron chi connectivity index (χ2n) is 12.3. The Bertz CT molecular complexity index is 1710. The molecule has 0 fully saturated rings. The van der Waals surface area contributed by atoms with Crippen LogP contribution in [0, 0.1) is 0 Å². The minimum Gasteiger partial charge on any atom is -0.460 e. The molecule has 0 aliphatic heterocycles. The molecule has 0 N–H and O–H groups in total. The van der Waals surface area contributed by atoms with Crippen LogP contribution in [0.15, 0.2) is 106 Å². The molecule has 6 aromatic rings. The van der Waals surface area contributed by atoms with Crippen LogP contribution in [0.25, 0.3) is 56.2 Å². The van der Waals surface area contributed by atoms with Crippen LogP contribution >= 0.6 is 0 Å². The lowest BCUT2D eigenvalue weighted by atomic mass is 9.88. The van der Waals surface area contributed by atoms with Gasteiger partial charge in [-0.05, 0) is 49.2 Å². The summed E-state index contributed by atoms with van der Waals surface area (Å²) in [7, 11) is 0. The van der Waals surface area contributed by atoms with Gasteiger partial charge in [-0.25, -0.2) is 9.97 Å². The van der Waals surface area contributed by atoms with E-state index in [2.05, 4.69) is 102 Å². The highest BCUT2D eigenvalue weighted by atomic mass is 16.3. The molecule has 3 heterocycles. The molecule has 0 saturated carbocycles. The number of hydrogen-bond acceptors (Lipinski definition) is 4. The number of hydrogen-bond donors (Lipinski definition) is 0. The van der Waals surface area contributed by atoms with Crippen molar-refractivity contribution in [2.45, 2.75) is 65.2 Å². The molecule has 0 atom stereocenters. The fourth-order valence-electron chi connectivity index (χ4n) is 5.17. The van der Waals surface area contributed by atoms with E-state index < -0.39 is 0 Å². The van der Waals surface area contributed by atoms with Crippen LogP contribution in [-0.4, -0.2) is 9.97 Å². The predicted molar refractivity (Wildman–Crippen MR) is 172 cm³/mol. The third-order valence-corrected chi connectivity index (χ3v) is 8.76. The van der Waals surface area contributed by atoms with Crippen molar-refractivity contribution in [1.29, 1.82) is 0 Å². The highest BCUT2D eigenvalue weighted by Crippen LogP contribution is 2.41. The first kappa shape index (κ1) is 27.7. The fraction of sp³-hybridized carbons (Fsp3) is 0.263. The van der Waals surface area contributed by atoms with Gasteiger partial charge in [0.05, 0.1) is 11.4 Å². The van der Waals surface area contributed by atoms with Gasteiger partial charge in [0.1, 0.15) is 34.1 Å². The lowest BCUT2D eigenvalue weighted by Crippen LogP contribution is -2.13. The first-order chi connectivity index (χ1) is 20.2. The zero-order chi connectivity index (χ0) is 29.5. The summed E-state index contributed by atoms with van der Waals surface area (Å²) < 4.78 is 13.0. The first-order valence-corrected chi connectivity index (χ1v) is 14.9. The topological polar surface area (TPSA) is 52.1 Å². The Hall–Kier alpha value is -4.44. The van der Waals surface area contributed by atoms with Gasteiger partial charge in [0.25, 0.3) is 0 Å². The van der Waals surface area contributed by atoms with Crippen LogP contribution in [0.2, 0.25) is 0 Å². The van der Waals surface area contributed by atoms with E-state index in [0.29, 0.717) is 0 Å². The van der Waals surface area contributed by atoms with E-state index in [4.69, 9.17) is 18.8 Å². The van der Waals surface area contributed by atoms with E-state index in [1.807, 2.05) is 36.4 Å². The smallest absolute Gasteiger partial charge is 0.136 e. The maximum Gasteiger partial charge on any atom is 0.136 e. The summed E-state index contributed by atoms with van der Waals surface area (Å²) in [6.07, 6.45) is 1.96. The van der Waals surface area contributed by atoms with Crippen LogP contribution in [0.1, 0.15) is 65.9 Å². The van der Waals surface area contributed by atoms with Gasteiger partial charge in [-0.1, -0.05) is 102 Å². The van der Waals surface area contributed by atoms with E-state index in [-0.39, 0.29) is 10.8 Å². The lowest BCUT2D eigenvalue weighted by molar-refractivity contribution is 0.381. The summed E-state index contributed by atoms with van der Waals surface area (Å²) in [4.78, 5) is 10.8. The number of benzene rings is 3. The molecule has 6 rings (SSSR count). The van der Waals surface area contributed by atoms with Gasteiger partial charge in [-0.15, -0.1) is 0 Å². The number of rotatable bonds is 8. The highest BCUT2D eigenvalue weighted by molar-refractivity contribution is 6.01. The molecule has 0 unspecified atom stereocenters. The van der Waals surface area contributed by atoms with E-state index in [0.717, 1.165) is 80.6 Å². The maximum atomic E-state index is 6.51. The van der Waals surface area contributed by atoms with Gasteiger partial charge in [0.15, 0.2) is 0 Å². The first-order valence-electron chi connectivity index (χ1n) is 14.9. The summed E-state index contributed by atoms with van der Waals surface area (Å²) in [5.74, 6) is 3.51. The normalized spacial score (nSPS) is 12.2. The van der Waals surface area contributed by atoms with Gasteiger partial charge in [-0.2, -0.15) is 0 Å². The largest absolute Gasteiger partial charge is 0.460 e. The molecule has 42 heavy (non-hydrogen) atoms. The van der Waals surface area contributed by atoms with Crippen molar-refractivity contribution in [3.63, 3.8) is 0 Å². The third-order valence-electron chi connectivity index (χ3n) is 8.76. The molecule has 0 bridgehead atoms. The molecule has 3 aromatic carbocycles. The summed E-state index contributed by atoms with van der Waals surface area (Å²) in [6, 6.07) is 33.1. The molecule has 0 radical (unpaired) electrons. The molecular weight excluding hydrogens is 516 g/mol. The molecule has 3 aromatic heterocycles. The summed E-state index contributed by atoms with van der Waals surface area (Å²) >= 11 is 0. The highest BCUT2D eigenvalue weighted by Gasteiger charge is 2.26. The van der Waals surface area contributed by atoms with Crippen LogP contribution in [0.5, 0.6) is 0 Å². The van der Waals surface area contributed by atoms with Crippen LogP contribution in [0.4, 0.5) is 0 Å². The molecular formula is C38H38N2O2. The van der Waals surface area contributed by atoms with Gasteiger partial charge < -0.3 is 8.83 Å². The Kier molecular flexibility index (Phi) is 7.10. The molecule has 0 spiro atoms. The molecule has 4 heteroatoms. The van der Waals surface area contributed by atoms with Gasteiger partial charge in [0, 0.05) is 33.1 Å².